The fourth-order valence-electron chi connectivity index (χ4n) is 10.8. The van der Waals surface area contributed by atoms with E-state index in [4.69, 9.17) is 0 Å². The van der Waals surface area contributed by atoms with Crippen LogP contribution < -0.4 is 0 Å². The summed E-state index contributed by atoms with van der Waals surface area (Å²) in [7, 11) is -129. The monoisotopic (exact) mass is 1770 g/mol. The van der Waals surface area contributed by atoms with Gasteiger partial charge in [-0.25, -0.2) is 29.4 Å². The second kappa shape index (κ2) is 32.7. The van der Waals surface area contributed by atoms with Crippen LogP contribution in [-0.2, 0) is 77.8 Å². The minimum absolute atomic E-state index is 0.455. The molecule has 0 aliphatic carbocycles. The zero-order chi connectivity index (χ0) is 79.4. The third-order valence-corrected chi connectivity index (χ3v) is 43.8. The molecular weight excluding hydrogens is 1690 g/mol. The van der Waals surface area contributed by atoms with Gasteiger partial charge in [0, 0.05) is 32.7 Å². The van der Waals surface area contributed by atoms with E-state index < -0.39 is 283 Å². The first kappa shape index (κ1) is 99.6. The molecule has 56 nitrogen and oxygen atoms in total. The van der Waals surface area contributed by atoms with Crippen LogP contribution in [0.2, 0.25) is 0 Å². The Morgan fingerprint density at radius 3 is 0.571 bits per heavy atom. The van der Waals surface area contributed by atoms with Crippen LogP contribution >= 0.6 is 122 Å². The van der Waals surface area contributed by atoms with Crippen molar-refractivity contribution in [2.45, 2.75) is 121 Å². The maximum absolute atomic E-state index is 14.7. The highest BCUT2D eigenvalue weighted by molar-refractivity contribution is 7.77. The molecule has 1 atom stereocenters. The lowest BCUT2D eigenvalue weighted by Gasteiger charge is -2.61. The molecule has 0 aromatic carbocycles. The summed E-state index contributed by atoms with van der Waals surface area (Å²) >= 11 is 0. The number of carboxylic acids is 1. The second-order valence-electron chi connectivity index (χ2n) is 20.5. The average molecular weight is 1770 g/mol. The van der Waals surface area contributed by atoms with Crippen molar-refractivity contribution < 1.29 is 240 Å². The van der Waals surface area contributed by atoms with Gasteiger partial charge < -0.3 is 162 Å². The number of hydrogen-bond acceptors (Lipinski definition) is 23. The third-order valence-electron chi connectivity index (χ3n) is 13.1. The van der Waals surface area contributed by atoms with Crippen LogP contribution in [0, 0.1) is 0 Å². The molecule has 0 radical (unpaired) electrons. The largest absolute Gasteiger partial charge is 0.480 e. The average Bonchev–Trinajstić information content (AvgIpc) is 0.674. The van der Waals surface area contributed by atoms with Gasteiger partial charge in [-0.05, 0) is 38.5 Å². The highest BCUT2D eigenvalue weighted by Gasteiger charge is 2.86. The molecule has 33 N–H and O–H groups in total. The summed E-state index contributed by atoms with van der Waals surface area (Å²) in [5.41, 5.74) is -19.5. The molecule has 0 amide bonds. The molecule has 0 aromatic heterocycles. The molecule has 0 heterocycles. The van der Waals surface area contributed by atoms with E-state index in [-0.39, 0.29) is 0 Å². The van der Waals surface area contributed by atoms with Gasteiger partial charge in [0.2, 0.25) is 22.1 Å². The van der Waals surface area contributed by atoms with Crippen molar-refractivity contribution in [2.24, 2.45) is 0 Å². The minimum Gasteiger partial charge on any atom is -0.480 e. The first-order valence-corrected chi connectivity index (χ1v) is 51.6. The van der Waals surface area contributed by atoms with Crippen molar-refractivity contribution in [3.05, 3.63) is 0 Å². The quantitative estimate of drug-likeness (QED) is 0.0155. The summed E-state index contributed by atoms with van der Waals surface area (Å²) < 4.78 is 224. The summed E-state index contributed by atoms with van der Waals surface area (Å²) in [5, 5.41) is -15.2. The predicted molar refractivity (Wildman–Crippen MR) is 321 cm³/mol. The van der Waals surface area contributed by atoms with E-state index >= 15 is 0 Å². The zero-order valence-electron chi connectivity index (χ0n) is 49.4. The summed E-state index contributed by atoms with van der Waals surface area (Å²) in [5.74, 6) is -3.71. The maximum atomic E-state index is 14.7. The molecular formula is C26H74N6O50P16. The molecule has 0 spiro atoms. The van der Waals surface area contributed by atoms with Crippen LogP contribution in [0.15, 0.2) is 0 Å². The Hall–Kier alpha value is 1.63. The van der Waals surface area contributed by atoms with E-state index in [1.807, 2.05) is 0 Å². The molecule has 0 fully saturated rings. The Kier molecular flexibility index (Phi) is 33.2. The molecule has 0 unspecified atom stereocenters. The zero-order valence-corrected chi connectivity index (χ0v) is 63.7. The van der Waals surface area contributed by atoms with Gasteiger partial charge in [0.25, 0.3) is 20.6 Å². The van der Waals surface area contributed by atoms with Crippen LogP contribution in [0.25, 0.3) is 0 Å². The second-order valence-corrected chi connectivity index (χ2v) is 50.6. The summed E-state index contributed by atoms with van der Waals surface area (Å²) in [6.45, 7) is -11.0. The molecule has 0 aliphatic rings. The fourth-order valence-corrected chi connectivity index (χ4v) is 38.6. The lowest BCUT2D eigenvalue weighted by molar-refractivity contribution is -0.154. The lowest BCUT2D eigenvalue weighted by atomic mass is 10.1. The van der Waals surface area contributed by atoms with Gasteiger partial charge in [-0.2, -0.15) is 0 Å². The number of carboxylic acid groups (broad SMARTS) is 1. The standard InChI is InChI=1S/C26H74N6O50P16/c1-5-12-27(19(83(35,36)37)84(38,39)40)23(91(59,60)61,92(62,63)64)31(24(93(65,66)67,94(68,69)70)28(13-6-2)20(85(41,42)43)86(44,45)46)16-10-9-11-17(18(33)34)32(25(95(71,72)73,96(74,75)76)29(14-7-3)21(87(47,48)49)88(50,51)52)26(97(77,78)79,98(80,81)82)30(15-8-4)22(89(53,54)55)90(56,57)58/h17,19-22H,5-16H2,1-4H3,(H,33,34)(H2,35,36,37)(H2,38,39,40)(H2,41,42,43)(H2,44,45,46)(H2,47,48,49)(H2,50,51,52)(H2,53,54,55)(H2,56,57,58)(H2,59,60,61)(H2,62,63,64)(H2,65,66,67)(H2,68,69,70)(H2,71,72,73)(H2,74,75,76)(H2,77,78,79)(H2,80,81,82)/t17-/m0/s1. The lowest BCUT2D eigenvalue weighted by Crippen LogP contribution is -2.76. The number of carbonyl (C=O) groups is 1. The van der Waals surface area contributed by atoms with E-state index in [1.54, 1.807) is 0 Å². The van der Waals surface area contributed by atoms with Gasteiger partial charge in [0.15, 0.2) is 0 Å². The molecule has 0 aromatic rings. The molecule has 0 bridgehead atoms. The number of rotatable bonds is 43. The molecule has 588 valence electrons. The first-order chi connectivity index (χ1) is 42.6. The van der Waals surface area contributed by atoms with Crippen molar-refractivity contribution in [3.8, 4) is 0 Å². The maximum Gasteiger partial charge on any atom is 0.373 e. The molecule has 0 rings (SSSR count). The topological polar surface area (TPSA) is 977 Å². The molecule has 0 saturated carbocycles. The van der Waals surface area contributed by atoms with Gasteiger partial charge in [-0.15, -0.1) is 0 Å². The smallest absolute Gasteiger partial charge is 0.373 e. The first-order valence-electron chi connectivity index (χ1n) is 25.3. The number of unbranched alkanes of at least 4 members (excludes halogenated alkanes) is 1. The van der Waals surface area contributed by atoms with Crippen LogP contribution in [0.5, 0.6) is 0 Å². The van der Waals surface area contributed by atoms with Gasteiger partial charge >= 0.3 is 128 Å². The third kappa shape index (κ3) is 20.2. The highest BCUT2D eigenvalue weighted by Crippen LogP contribution is 2.87. The minimum atomic E-state index is -8.73. The fraction of sp³-hybridized carbons (Fsp3) is 0.962. The predicted octanol–water partition coefficient (Wildman–Crippen LogP) is -4.52. The molecule has 0 saturated heterocycles. The van der Waals surface area contributed by atoms with E-state index in [2.05, 4.69) is 0 Å². The number of hydrogen-bond donors (Lipinski definition) is 33. The number of nitrogens with zero attached hydrogens (tertiary/aromatic N) is 6. The Labute approximate surface area is 548 Å². The Morgan fingerprint density at radius 2 is 0.439 bits per heavy atom. The summed E-state index contributed by atoms with van der Waals surface area (Å²) in [4.78, 5) is 355. The highest BCUT2D eigenvalue weighted by atomic mass is 31.3. The molecule has 0 aliphatic heterocycles. The van der Waals surface area contributed by atoms with Crippen molar-refractivity contribution in [1.29, 1.82) is 0 Å². The Balaban J connectivity index is 11.9. The van der Waals surface area contributed by atoms with Crippen LogP contribution in [0.4, 0.5) is 0 Å². The van der Waals surface area contributed by atoms with Crippen molar-refractivity contribution in [1.82, 2.24) is 29.4 Å². The van der Waals surface area contributed by atoms with Crippen molar-refractivity contribution in [3.63, 3.8) is 0 Å². The summed E-state index contributed by atoms with van der Waals surface area (Å²) in [6, 6.07) is -4.93. The van der Waals surface area contributed by atoms with Gasteiger partial charge in [-0.1, -0.05) is 34.1 Å². The van der Waals surface area contributed by atoms with Gasteiger partial charge in [-0.3, -0.25) is 77.8 Å². The van der Waals surface area contributed by atoms with E-state index in [1.165, 1.54) is 0 Å². The number of aliphatic carboxylic acids is 1. The molecule has 72 heteroatoms. The van der Waals surface area contributed by atoms with E-state index in [9.17, 15) is 240 Å². The van der Waals surface area contributed by atoms with Crippen molar-refractivity contribution in [2.75, 3.05) is 32.7 Å². The van der Waals surface area contributed by atoms with Crippen LogP contribution in [-0.4, -0.2) is 279 Å². The van der Waals surface area contributed by atoms with Crippen molar-refractivity contribution >= 4 is 128 Å². The van der Waals surface area contributed by atoms with E-state index in [0.717, 1.165) is 0 Å². The SMILES string of the molecule is CCCN(C(P(=O)(O)O)P(=O)(O)O)C(N(CCCC[C@@H](C(=O)O)N(C(N(CCC)C(P(=O)(O)O)P(=O)(O)O)(P(=O)(O)O)P(=O)(O)O)C(N(CCC)C(P(=O)(O)O)P(=O)(O)O)(P(=O)(O)O)P(=O)(O)O)C(N(CCC)C(P(=O)(O)O)P(=O)(O)O)(P(=O)(O)O)P(=O)(O)O)(P(=O)(O)O)P(=O)(O)O. The Morgan fingerprint density at radius 1 is 0.276 bits per heavy atom. The molecule has 98 heavy (non-hydrogen) atoms. The van der Waals surface area contributed by atoms with Crippen LogP contribution in [0.3, 0.4) is 0 Å². The van der Waals surface area contributed by atoms with E-state index in [0.29, 0.717) is 27.7 Å². The van der Waals surface area contributed by atoms with Crippen LogP contribution in [0.1, 0.15) is 72.6 Å². The van der Waals surface area contributed by atoms with Gasteiger partial charge in [0.05, 0.1) is 0 Å². The van der Waals surface area contributed by atoms with Gasteiger partial charge in [0.1, 0.15) is 6.04 Å². The Bertz CT molecular complexity index is 3270. The normalized spacial score (nSPS) is 16.2. The summed E-state index contributed by atoms with van der Waals surface area (Å²) in [6.07, 6.45) is -14.1.